The first-order chi connectivity index (χ1) is 11.1. The highest BCUT2D eigenvalue weighted by atomic mass is 32.2. The third-order valence-corrected chi connectivity index (χ3v) is 4.63. The average molecular weight is 352 g/mol. The summed E-state index contributed by atoms with van der Waals surface area (Å²) in [7, 11) is 1.27. The Balaban J connectivity index is 1.80. The van der Waals surface area contributed by atoms with Crippen LogP contribution in [0.25, 0.3) is 0 Å². The maximum absolute atomic E-state index is 11.6. The number of nitrogens with one attached hydrogen (secondary N) is 2. The molecule has 9 heteroatoms. The first-order valence-corrected chi connectivity index (χ1v) is 8.50. The van der Waals surface area contributed by atoms with Crippen molar-refractivity contribution in [3.05, 3.63) is 29.8 Å². The van der Waals surface area contributed by atoms with Crippen molar-refractivity contribution >= 4 is 45.8 Å². The molecule has 7 nitrogen and oxygen atoms in total. The van der Waals surface area contributed by atoms with Gasteiger partial charge in [0.2, 0.25) is 11.0 Å². The fraction of sp³-hybridized carbons (Fsp3) is 0.286. The van der Waals surface area contributed by atoms with E-state index >= 15 is 0 Å². The van der Waals surface area contributed by atoms with Crippen LogP contribution in [0.15, 0.2) is 28.6 Å². The summed E-state index contributed by atoms with van der Waals surface area (Å²) in [5, 5.41) is 14.3. The number of ether oxygens (including phenoxy) is 1. The van der Waals surface area contributed by atoms with Crippen LogP contribution in [0.3, 0.4) is 0 Å². The summed E-state index contributed by atoms with van der Waals surface area (Å²) in [4.78, 5) is 22.5. The zero-order chi connectivity index (χ0) is 16.7. The topological polar surface area (TPSA) is 93.2 Å². The Bertz CT molecular complexity index is 690. The Hall–Kier alpha value is -2.13. The van der Waals surface area contributed by atoms with Crippen molar-refractivity contribution in [2.24, 2.45) is 0 Å². The predicted molar refractivity (Wildman–Crippen MR) is 90.1 cm³/mol. The Morgan fingerprint density at radius 1 is 1.35 bits per heavy atom. The molecule has 0 aliphatic carbocycles. The minimum atomic E-state index is -0.482. The second kappa shape index (κ2) is 8.49. The van der Waals surface area contributed by atoms with Crippen LogP contribution >= 0.6 is 23.1 Å². The molecule has 1 aromatic carbocycles. The number of amides is 1. The molecule has 0 saturated heterocycles. The standard InChI is InChI=1S/C14H16N4O3S2/c1-9-4-3-5-10(6-9)16-13-17-18-14(23-13)22-8-11(19)15-7-12(20)21-2/h3-6H,7-8H2,1-2H3,(H,15,19)(H,16,17). The summed E-state index contributed by atoms with van der Waals surface area (Å²) < 4.78 is 5.12. The SMILES string of the molecule is COC(=O)CNC(=O)CSc1nnc(Nc2cccc(C)c2)s1. The molecule has 122 valence electrons. The van der Waals surface area contributed by atoms with Crippen LogP contribution in [0.2, 0.25) is 0 Å². The number of carbonyl (C=O) groups is 2. The van der Waals surface area contributed by atoms with Crippen molar-refractivity contribution in [3.8, 4) is 0 Å². The van der Waals surface area contributed by atoms with Crippen LogP contribution < -0.4 is 10.6 Å². The van der Waals surface area contributed by atoms with Gasteiger partial charge in [0.1, 0.15) is 6.54 Å². The van der Waals surface area contributed by atoms with Gasteiger partial charge in [0, 0.05) is 5.69 Å². The minimum absolute atomic E-state index is 0.133. The van der Waals surface area contributed by atoms with Gasteiger partial charge in [-0.2, -0.15) is 0 Å². The number of anilines is 2. The van der Waals surface area contributed by atoms with E-state index in [1.54, 1.807) is 0 Å². The van der Waals surface area contributed by atoms with Crippen LogP contribution in [0.5, 0.6) is 0 Å². The highest BCUT2D eigenvalue weighted by Crippen LogP contribution is 2.27. The summed E-state index contributed by atoms with van der Waals surface area (Å²) >= 11 is 2.63. The predicted octanol–water partition coefficient (Wildman–Crippen LogP) is 1.97. The molecule has 1 aromatic heterocycles. The van der Waals surface area contributed by atoms with Crippen LogP contribution in [0.1, 0.15) is 5.56 Å². The Morgan fingerprint density at radius 3 is 2.91 bits per heavy atom. The molecule has 0 atom stereocenters. The van der Waals surface area contributed by atoms with Gasteiger partial charge >= 0.3 is 5.97 Å². The average Bonchev–Trinajstić information content (AvgIpc) is 2.98. The number of hydrogen-bond donors (Lipinski definition) is 2. The molecule has 0 unspecified atom stereocenters. The van der Waals surface area contributed by atoms with Gasteiger partial charge < -0.3 is 15.4 Å². The third-order valence-electron chi connectivity index (χ3n) is 2.66. The van der Waals surface area contributed by atoms with E-state index in [0.29, 0.717) is 9.47 Å². The van der Waals surface area contributed by atoms with Crippen molar-refractivity contribution in [2.75, 3.05) is 24.7 Å². The van der Waals surface area contributed by atoms with Crippen molar-refractivity contribution in [1.29, 1.82) is 0 Å². The Kier molecular flexibility index (Phi) is 6.36. The number of methoxy groups -OCH3 is 1. The molecular formula is C14H16N4O3S2. The normalized spacial score (nSPS) is 10.2. The molecular weight excluding hydrogens is 336 g/mol. The van der Waals surface area contributed by atoms with Crippen LogP contribution in [-0.2, 0) is 14.3 Å². The van der Waals surface area contributed by atoms with Gasteiger partial charge in [-0.1, -0.05) is 35.2 Å². The van der Waals surface area contributed by atoms with E-state index < -0.39 is 5.97 Å². The molecule has 2 aromatic rings. The lowest BCUT2D eigenvalue weighted by Gasteiger charge is -2.02. The number of aryl methyl sites for hydroxylation is 1. The van der Waals surface area contributed by atoms with Crippen molar-refractivity contribution in [1.82, 2.24) is 15.5 Å². The van der Waals surface area contributed by atoms with Gasteiger partial charge in [-0.15, -0.1) is 10.2 Å². The molecule has 0 radical (unpaired) electrons. The van der Waals surface area contributed by atoms with Crippen LogP contribution in [0, 0.1) is 6.92 Å². The molecule has 0 spiro atoms. The van der Waals surface area contributed by atoms with Gasteiger partial charge in [-0.05, 0) is 24.6 Å². The summed E-state index contributed by atoms with van der Waals surface area (Å²) in [5.41, 5.74) is 2.09. The number of esters is 1. The summed E-state index contributed by atoms with van der Waals surface area (Å²) in [6.45, 7) is 1.88. The lowest BCUT2D eigenvalue weighted by molar-refractivity contribution is -0.140. The fourth-order valence-corrected chi connectivity index (χ4v) is 3.19. The van der Waals surface area contributed by atoms with Gasteiger partial charge in [-0.25, -0.2) is 0 Å². The van der Waals surface area contributed by atoms with E-state index in [2.05, 4.69) is 25.6 Å². The largest absolute Gasteiger partial charge is 0.468 e. The first-order valence-electron chi connectivity index (χ1n) is 6.70. The number of aromatic nitrogens is 2. The van der Waals surface area contributed by atoms with Crippen molar-refractivity contribution in [2.45, 2.75) is 11.3 Å². The quantitative estimate of drug-likeness (QED) is 0.581. The number of hydrogen-bond acceptors (Lipinski definition) is 8. The van der Waals surface area contributed by atoms with Gasteiger partial charge in [0.15, 0.2) is 4.34 Å². The van der Waals surface area contributed by atoms with E-state index in [9.17, 15) is 9.59 Å². The zero-order valence-corrected chi connectivity index (χ0v) is 14.3. The molecule has 1 amide bonds. The zero-order valence-electron chi connectivity index (χ0n) is 12.7. The van der Waals surface area contributed by atoms with E-state index in [4.69, 9.17) is 0 Å². The molecule has 0 aliphatic rings. The summed E-state index contributed by atoms with van der Waals surface area (Å²) in [6, 6.07) is 7.93. The van der Waals surface area contributed by atoms with Gasteiger partial charge in [0.25, 0.3) is 0 Å². The highest BCUT2D eigenvalue weighted by molar-refractivity contribution is 8.01. The van der Waals surface area contributed by atoms with E-state index in [1.165, 1.54) is 30.2 Å². The smallest absolute Gasteiger partial charge is 0.325 e. The maximum atomic E-state index is 11.6. The number of thioether (sulfide) groups is 1. The fourth-order valence-electron chi connectivity index (χ4n) is 1.59. The molecule has 0 bridgehead atoms. The van der Waals surface area contributed by atoms with Crippen LogP contribution in [-0.4, -0.2) is 41.5 Å². The molecule has 2 rings (SSSR count). The number of nitrogens with zero attached hydrogens (tertiary/aromatic N) is 2. The van der Waals surface area contributed by atoms with Gasteiger partial charge in [0.05, 0.1) is 12.9 Å². The Labute approximate surface area is 141 Å². The summed E-state index contributed by atoms with van der Waals surface area (Å²) in [5.74, 6) is -0.580. The number of carbonyl (C=O) groups excluding carboxylic acids is 2. The molecule has 2 N–H and O–H groups in total. The highest BCUT2D eigenvalue weighted by Gasteiger charge is 2.09. The van der Waals surface area contributed by atoms with Gasteiger partial charge in [-0.3, -0.25) is 9.59 Å². The number of rotatable bonds is 7. The lowest BCUT2D eigenvalue weighted by atomic mass is 10.2. The van der Waals surface area contributed by atoms with Crippen molar-refractivity contribution in [3.63, 3.8) is 0 Å². The van der Waals surface area contributed by atoms with Crippen molar-refractivity contribution < 1.29 is 14.3 Å². The van der Waals surface area contributed by atoms with Crippen LogP contribution in [0.4, 0.5) is 10.8 Å². The minimum Gasteiger partial charge on any atom is -0.468 e. The monoisotopic (exact) mass is 352 g/mol. The molecule has 0 saturated carbocycles. The molecule has 0 aliphatic heterocycles. The molecule has 1 heterocycles. The third kappa shape index (κ3) is 5.87. The number of benzene rings is 1. The van der Waals surface area contributed by atoms with E-state index in [0.717, 1.165) is 11.3 Å². The van der Waals surface area contributed by atoms with E-state index in [-0.39, 0.29) is 18.2 Å². The maximum Gasteiger partial charge on any atom is 0.325 e. The molecule has 0 fully saturated rings. The Morgan fingerprint density at radius 2 is 2.17 bits per heavy atom. The lowest BCUT2D eigenvalue weighted by Crippen LogP contribution is -2.31. The molecule has 23 heavy (non-hydrogen) atoms. The summed E-state index contributed by atoms with van der Waals surface area (Å²) in [6.07, 6.45) is 0. The first kappa shape index (κ1) is 17.2. The van der Waals surface area contributed by atoms with E-state index in [1.807, 2.05) is 31.2 Å². The second-order valence-corrected chi connectivity index (χ2v) is 6.71. The second-order valence-electron chi connectivity index (χ2n) is 4.51.